The molecule has 0 spiro atoms. The van der Waals surface area contributed by atoms with Crippen LogP contribution >= 0.6 is 0 Å². The van der Waals surface area contributed by atoms with Crippen molar-refractivity contribution in [3.05, 3.63) is 5.82 Å². The molecule has 7 heteroatoms. The molecule has 0 atom stereocenters. The van der Waals surface area contributed by atoms with E-state index in [0.29, 0.717) is 19.1 Å². The van der Waals surface area contributed by atoms with Gasteiger partial charge >= 0.3 is 5.97 Å². The van der Waals surface area contributed by atoms with E-state index < -0.39 is 5.97 Å². The molecule has 1 N–H and O–H groups in total. The molecule has 0 amide bonds. The highest BCUT2D eigenvalue weighted by Gasteiger charge is 2.27. The molecule has 1 saturated carbocycles. The first-order valence-corrected chi connectivity index (χ1v) is 5.34. The number of carboxylic acid groups (broad SMARTS) is 1. The second-order valence-electron chi connectivity index (χ2n) is 4.15. The second-order valence-corrected chi connectivity index (χ2v) is 4.15. The normalized spacial score (nSPS) is 15.6. The van der Waals surface area contributed by atoms with Crippen molar-refractivity contribution in [2.45, 2.75) is 31.8 Å². The Labute approximate surface area is 93.0 Å². The smallest absolute Gasteiger partial charge is 0.304 e. The first-order chi connectivity index (χ1) is 7.66. The van der Waals surface area contributed by atoms with Gasteiger partial charge in [0.05, 0.1) is 19.0 Å². The summed E-state index contributed by atoms with van der Waals surface area (Å²) >= 11 is 0. The van der Waals surface area contributed by atoms with E-state index in [2.05, 4.69) is 15.5 Å². The fourth-order valence-corrected chi connectivity index (χ4v) is 1.53. The van der Waals surface area contributed by atoms with Gasteiger partial charge in [-0.25, -0.2) is 4.68 Å². The molecule has 0 aromatic carbocycles. The minimum Gasteiger partial charge on any atom is -0.481 e. The first kappa shape index (κ1) is 11.0. The number of carboxylic acids is 1. The Hall–Kier alpha value is -1.50. The van der Waals surface area contributed by atoms with Gasteiger partial charge in [-0.15, -0.1) is 5.10 Å². The van der Waals surface area contributed by atoms with Crippen LogP contribution in [0.4, 0.5) is 0 Å². The van der Waals surface area contributed by atoms with Gasteiger partial charge in [0, 0.05) is 6.54 Å². The second kappa shape index (κ2) is 4.56. The molecule has 1 heterocycles. The van der Waals surface area contributed by atoms with Gasteiger partial charge in [-0.05, 0) is 30.3 Å². The first-order valence-electron chi connectivity index (χ1n) is 5.34. The third kappa shape index (κ3) is 2.75. The molecule has 1 aliphatic carbocycles. The summed E-state index contributed by atoms with van der Waals surface area (Å²) in [6.07, 6.45) is 2.41. The van der Waals surface area contributed by atoms with E-state index >= 15 is 0 Å². The molecule has 1 aromatic heterocycles. The van der Waals surface area contributed by atoms with Gasteiger partial charge in [-0.3, -0.25) is 9.69 Å². The highest BCUT2D eigenvalue weighted by molar-refractivity contribution is 5.66. The van der Waals surface area contributed by atoms with Gasteiger partial charge in [0.1, 0.15) is 0 Å². The summed E-state index contributed by atoms with van der Waals surface area (Å²) in [4.78, 5) is 12.3. The standard InChI is InChI=1S/C9H15N5O2/c1-13(5-4-9(15)16)6-8-10-11-12-14(8)7-2-3-7/h7H,2-6H2,1H3,(H,15,16). The van der Waals surface area contributed by atoms with Crippen molar-refractivity contribution in [3.63, 3.8) is 0 Å². The topological polar surface area (TPSA) is 84.1 Å². The number of carbonyl (C=O) groups is 1. The van der Waals surface area contributed by atoms with E-state index in [9.17, 15) is 4.79 Å². The summed E-state index contributed by atoms with van der Waals surface area (Å²) in [5, 5.41) is 20.1. The number of hydrogen-bond acceptors (Lipinski definition) is 5. The van der Waals surface area contributed by atoms with E-state index in [1.165, 1.54) is 0 Å². The van der Waals surface area contributed by atoms with Crippen molar-refractivity contribution in [1.29, 1.82) is 0 Å². The molecule has 7 nitrogen and oxygen atoms in total. The van der Waals surface area contributed by atoms with Gasteiger partial charge in [0.15, 0.2) is 5.82 Å². The SMILES string of the molecule is CN(CCC(=O)O)Cc1nnnn1C1CC1. The Bertz CT molecular complexity index is 374. The molecule has 0 radical (unpaired) electrons. The van der Waals surface area contributed by atoms with E-state index in [1.54, 1.807) is 0 Å². The fraction of sp³-hybridized carbons (Fsp3) is 0.778. The molecule has 1 fully saturated rings. The summed E-state index contributed by atoms with van der Waals surface area (Å²) in [6.45, 7) is 1.10. The van der Waals surface area contributed by atoms with Crippen molar-refractivity contribution < 1.29 is 9.90 Å². The minimum absolute atomic E-state index is 0.140. The van der Waals surface area contributed by atoms with Crippen LogP contribution in [0.3, 0.4) is 0 Å². The van der Waals surface area contributed by atoms with Crippen molar-refractivity contribution in [2.75, 3.05) is 13.6 Å². The largest absolute Gasteiger partial charge is 0.481 e. The maximum absolute atomic E-state index is 10.4. The van der Waals surface area contributed by atoms with Gasteiger partial charge in [0.25, 0.3) is 0 Å². The Balaban J connectivity index is 1.87. The van der Waals surface area contributed by atoms with Crippen molar-refractivity contribution in [1.82, 2.24) is 25.1 Å². The van der Waals surface area contributed by atoms with Crippen LogP contribution in [-0.4, -0.2) is 49.8 Å². The van der Waals surface area contributed by atoms with Crippen LogP contribution in [-0.2, 0) is 11.3 Å². The lowest BCUT2D eigenvalue weighted by Crippen LogP contribution is -2.23. The van der Waals surface area contributed by atoms with Gasteiger partial charge in [-0.1, -0.05) is 0 Å². The zero-order valence-corrected chi connectivity index (χ0v) is 9.20. The number of aromatic nitrogens is 4. The lowest BCUT2D eigenvalue weighted by Gasteiger charge is -2.14. The lowest BCUT2D eigenvalue weighted by molar-refractivity contribution is -0.137. The number of tetrazole rings is 1. The van der Waals surface area contributed by atoms with Crippen LogP contribution < -0.4 is 0 Å². The zero-order chi connectivity index (χ0) is 11.5. The average molecular weight is 225 g/mol. The average Bonchev–Trinajstić information content (AvgIpc) is 2.97. The number of aliphatic carboxylic acids is 1. The summed E-state index contributed by atoms with van der Waals surface area (Å²) in [6, 6.07) is 0.456. The van der Waals surface area contributed by atoms with Crippen LogP contribution in [0.15, 0.2) is 0 Å². The summed E-state index contributed by atoms with van der Waals surface area (Å²) in [5.41, 5.74) is 0. The third-order valence-corrected chi connectivity index (χ3v) is 2.57. The quantitative estimate of drug-likeness (QED) is 0.728. The Kier molecular flexibility index (Phi) is 3.14. The monoisotopic (exact) mass is 225 g/mol. The van der Waals surface area contributed by atoms with Gasteiger partial charge < -0.3 is 5.11 Å². The molecule has 0 bridgehead atoms. The highest BCUT2D eigenvalue weighted by Crippen LogP contribution is 2.34. The molecule has 88 valence electrons. The molecule has 1 aromatic rings. The van der Waals surface area contributed by atoms with E-state index in [1.807, 2.05) is 16.6 Å². The molecule has 0 saturated heterocycles. The van der Waals surface area contributed by atoms with Gasteiger partial charge in [0.2, 0.25) is 0 Å². The Morgan fingerprint density at radius 1 is 1.62 bits per heavy atom. The lowest BCUT2D eigenvalue weighted by atomic mass is 10.4. The van der Waals surface area contributed by atoms with E-state index in [-0.39, 0.29) is 6.42 Å². The maximum Gasteiger partial charge on any atom is 0.304 e. The molecule has 16 heavy (non-hydrogen) atoms. The summed E-state index contributed by atoms with van der Waals surface area (Å²) < 4.78 is 1.84. The predicted molar refractivity (Wildman–Crippen MR) is 54.7 cm³/mol. The van der Waals surface area contributed by atoms with Gasteiger partial charge in [-0.2, -0.15) is 0 Å². The zero-order valence-electron chi connectivity index (χ0n) is 9.20. The number of rotatable bonds is 6. The third-order valence-electron chi connectivity index (χ3n) is 2.57. The van der Waals surface area contributed by atoms with E-state index in [4.69, 9.17) is 5.11 Å². The van der Waals surface area contributed by atoms with Crippen LogP contribution in [0.25, 0.3) is 0 Å². The number of hydrogen-bond donors (Lipinski definition) is 1. The number of nitrogens with zero attached hydrogens (tertiary/aromatic N) is 5. The molecular formula is C9H15N5O2. The van der Waals surface area contributed by atoms with Crippen molar-refractivity contribution in [3.8, 4) is 0 Å². The fourth-order valence-electron chi connectivity index (χ4n) is 1.53. The van der Waals surface area contributed by atoms with Crippen molar-refractivity contribution in [2.24, 2.45) is 0 Å². The van der Waals surface area contributed by atoms with Crippen LogP contribution in [0, 0.1) is 0 Å². The highest BCUT2D eigenvalue weighted by atomic mass is 16.4. The summed E-state index contributed by atoms with van der Waals surface area (Å²) in [7, 11) is 1.87. The molecular weight excluding hydrogens is 210 g/mol. The van der Waals surface area contributed by atoms with Crippen LogP contribution in [0.5, 0.6) is 0 Å². The Morgan fingerprint density at radius 3 is 3.00 bits per heavy atom. The molecule has 1 aliphatic rings. The van der Waals surface area contributed by atoms with E-state index in [0.717, 1.165) is 18.7 Å². The Morgan fingerprint density at radius 2 is 2.38 bits per heavy atom. The summed E-state index contributed by atoms with van der Waals surface area (Å²) in [5.74, 6) is 0.0315. The maximum atomic E-state index is 10.4. The molecule has 2 rings (SSSR count). The minimum atomic E-state index is -0.784. The van der Waals surface area contributed by atoms with Crippen molar-refractivity contribution >= 4 is 5.97 Å². The predicted octanol–water partition coefficient (Wildman–Crippen LogP) is -0.0855. The van der Waals surface area contributed by atoms with Crippen LogP contribution in [0.2, 0.25) is 0 Å². The molecule has 0 aliphatic heterocycles. The molecule has 0 unspecified atom stereocenters. The van der Waals surface area contributed by atoms with Crippen LogP contribution in [0.1, 0.15) is 31.1 Å².